The van der Waals surface area contributed by atoms with Gasteiger partial charge in [-0.25, -0.2) is 4.98 Å². The molecule has 1 aromatic heterocycles. The second-order valence-electron chi connectivity index (χ2n) is 3.79. The molecule has 0 saturated carbocycles. The lowest BCUT2D eigenvalue weighted by Crippen LogP contribution is -2.18. The van der Waals surface area contributed by atoms with Crippen LogP contribution >= 0.6 is 15.9 Å². The standard InChI is InChI=1S/C13H15BrN2O2/c1-17-7-6-15-8-10-9-18-13(16-10)11-4-2-3-5-12(11)14/h2-5,9,15H,6-8H2,1H3. The molecule has 0 radical (unpaired) electrons. The zero-order chi connectivity index (χ0) is 12.8. The second kappa shape index (κ2) is 6.68. The number of benzene rings is 1. The van der Waals surface area contributed by atoms with Crippen LogP contribution in [0.5, 0.6) is 0 Å². The van der Waals surface area contributed by atoms with Crippen LogP contribution in [0.3, 0.4) is 0 Å². The van der Waals surface area contributed by atoms with Gasteiger partial charge in [0.2, 0.25) is 5.89 Å². The molecule has 0 amide bonds. The molecule has 5 heteroatoms. The van der Waals surface area contributed by atoms with Gasteiger partial charge < -0.3 is 14.5 Å². The van der Waals surface area contributed by atoms with Crippen molar-refractivity contribution in [1.82, 2.24) is 10.3 Å². The van der Waals surface area contributed by atoms with Gasteiger partial charge in [0.15, 0.2) is 0 Å². The average molecular weight is 311 g/mol. The van der Waals surface area contributed by atoms with E-state index in [9.17, 15) is 0 Å². The highest BCUT2D eigenvalue weighted by atomic mass is 79.9. The molecule has 0 unspecified atom stereocenters. The summed E-state index contributed by atoms with van der Waals surface area (Å²) in [5, 5.41) is 3.22. The van der Waals surface area contributed by atoms with E-state index in [0.29, 0.717) is 19.0 Å². The Morgan fingerprint density at radius 2 is 2.22 bits per heavy atom. The maximum absolute atomic E-state index is 5.48. The molecule has 0 atom stereocenters. The van der Waals surface area contributed by atoms with E-state index in [1.165, 1.54) is 0 Å². The lowest BCUT2D eigenvalue weighted by Gasteiger charge is -2.00. The largest absolute Gasteiger partial charge is 0.444 e. The van der Waals surface area contributed by atoms with Crippen LogP contribution in [0.1, 0.15) is 5.69 Å². The lowest BCUT2D eigenvalue weighted by atomic mass is 10.2. The fraction of sp³-hybridized carbons (Fsp3) is 0.308. The fourth-order valence-electron chi connectivity index (χ4n) is 1.54. The van der Waals surface area contributed by atoms with Gasteiger partial charge in [-0.15, -0.1) is 0 Å². The van der Waals surface area contributed by atoms with E-state index in [1.807, 2.05) is 24.3 Å². The molecule has 0 fully saturated rings. The number of hydrogen-bond acceptors (Lipinski definition) is 4. The van der Waals surface area contributed by atoms with E-state index in [-0.39, 0.29) is 0 Å². The number of rotatable bonds is 6. The highest BCUT2D eigenvalue weighted by Gasteiger charge is 2.09. The van der Waals surface area contributed by atoms with Crippen molar-refractivity contribution >= 4 is 15.9 Å². The van der Waals surface area contributed by atoms with E-state index in [1.54, 1.807) is 13.4 Å². The summed E-state index contributed by atoms with van der Waals surface area (Å²) < 4.78 is 11.4. The number of halogens is 1. The van der Waals surface area contributed by atoms with Crippen LogP contribution in [0.4, 0.5) is 0 Å². The van der Waals surface area contributed by atoms with Gasteiger partial charge in [-0.05, 0) is 28.1 Å². The summed E-state index contributed by atoms with van der Waals surface area (Å²) in [4.78, 5) is 4.44. The van der Waals surface area contributed by atoms with Crippen LogP contribution in [0.15, 0.2) is 39.4 Å². The minimum absolute atomic E-state index is 0.631. The third-order valence-electron chi connectivity index (χ3n) is 2.45. The summed E-state index contributed by atoms with van der Waals surface area (Å²) in [6, 6.07) is 7.86. The van der Waals surface area contributed by atoms with Gasteiger partial charge in [0.05, 0.1) is 17.9 Å². The third-order valence-corrected chi connectivity index (χ3v) is 3.14. The van der Waals surface area contributed by atoms with Crippen molar-refractivity contribution in [2.45, 2.75) is 6.54 Å². The second-order valence-corrected chi connectivity index (χ2v) is 4.65. The zero-order valence-electron chi connectivity index (χ0n) is 10.1. The Morgan fingerprint density at radius 3 is 3.00 bits per heavy atom. The summed E-state index contributed by atoms with van der Waals surface area (Å²) in [6.07, 6.45) is 1.68. The van der Waals surface area contributed by atoms with Gasteiger partial charge >= 0.3 is 0 Å². The molecule has 1 aromatic carbocycles. The molecule has 0 aliphatic heterocycles. The van der Waals surface area contributed by atoms with Gasteiger partial charge in [0, 0.05) is 24.7 Å². The van der Waals surface area contributed by atoms with Gasteiger partial charge in [-0.1, -0.05) is 12.1 Å². The van der Waals surface area contributed by atoms with Crippen molar-refractivity contribution < 1.29 is 9.15 Å². The van der Waals surface area contributed by atoms with Crippen LogP contribution in [-0.4, -0.2) is 25.2 Å². The highest BCUT2D eigenvalue weighted by Crippen LogP contribution is 2.26. The number of hydrogen-bond donors (Lipinski definition) is 1. The number of nitrogens with one attached hydrogen (secondary N) is 1. The number of oxazole rings is 1. The third kappa shape index (κ3) is 3.41. The summed E-state index contributed by atoms with van der Waals surface area (Å²) in [5.74, 6) is 0.631. The van der Waals surface area contributed by atoms with Crippen molar-refractivity contribution in [3.05, 3.63) is 40.7 Å². The Balaban J connectivity index is 2.00. The van der Waals surface area contributed by atoms with Gasteiger partial charge in [-0.2, -0.15) is 0 Å². The zero-order valence-corrected chi connectivity index (χ0v) is 11.7. The molecule has 0 aliphatic carbocycles. The maximum atomic E-state index is 5.48. The van der Waals surface area contributed by atoms with Crippen molar-refractivity contribution in [2.75, 3.05) is 20.3 Å². The molecule has 96 valence electrons. The molecule has 0 aliphatic rings. The predicted octanol–water partition coefficient (Wildman–Crippen LogP) is 2.84. The average Bonchev–Trinajstić information content (AvgIpc) is 2.84. The Kier molecular flexibility index (Phi) is 4.92. The van der Waals surface area contributed by atoms with Gasteiger partial charge in [0.1, 0.15) is 6.26 Å². The number of nitrogens with zero attached hydrogens (tertiary/aromatic N) is 1. The van der Waals surface area contributed by atoms with Crippen LogP contribution in [0.25, 0.3) is 11.5 Å². The van der Waals surface area contributed by atoms with E-state index in [2.05, 4.69) is 26.2 Å². The van der Waals surface area contributed by atoms with Gasteiger partial charge in [-0.3, -0.25) is 0 Å². The summed E-state index contributed by atoms with van der Waals surface area (Å²) in [6.45, 7) is 2.17. The predicted molar refractivity (Wildman–Crippen MR) is 73.2 cm³/mol. The summed E-state index contributed by atoms with van der Waals surface area (Å²) >= 11 is 3.48. The molecule has 0 saturated heterocycles. The first-order valence-electron chi connectivity index (χ1n) is 5.70. The lowest BCUT2D eigenvalue weighted by molar-refractivity contribution is 0.199. The maximum Gasteiger partial charge on any atom is 0.227 e. The van der Waals surface area contributed by atoms with Crippen LogP contribution < -0.4 is 5.32 Å². The van der Waals surface area contributed by atoms with Crippen molar-refractivity contribution in [3.63, 3.8) is 0 Å². The first kappa shape index (κ1) is 13.3. The summed E-state index contributed by atoms with van der Waals surface area (Å²) in [7, 11) is 1.68. The molecular weight excluding hydrogens is 296 g/mol. The molecule has 2 rings (SSSR count). The molecule has 2 aromatic rings. The number of methoxy groups -OCH3 is 1. The Bertz CT molecular complexity index is 499. The fourth-order valence-corrected chi connectivity index (χ4v) is 1.99. The molecule has 1 heterocycles. The minimum Gasteiger partial charge on any atom is -0.444 e. The molecule has 1 N–H and O–H groups in total. The Morgan fingerprint density at radius 1 is 1.39 bits per heavy atom. The Labute approximate surface area is 114 Å². The first-order valence-corrected chi connectivity index (χ1v) is 6.49. The Hall–Kier alpha value is -1.17. The molecule has 0 spiro atoms. The molecule has 4 nitrogen and oxygen atoms in total. The van der Waals surface area contributed by atoms with Crippen molar-refractivity contribution in [1.29, 1.82) is 0 Å². The number of aromatic nitrogens is 1. The quantitative estimate of drug-likeness (QED) is 0.833. The smallest absolute Gasteiger partial charge is 0.227 e. The van der Waals surface area contributed by atoms with Crippen LogP contribution in [0, 0.1) is 0 Å². The number of ether oxygens (including phenoxy) is 1. The van der Waals surface area contributed by atoms with Crippen LogP contribution in [0.2, 0.25) is 0 Å². The SMILES string of the molecule is COCCNCc1coc(-c2ccccc2Br)n1. The molecular formula is C13H15BrN2O2. The monoisotopic (exact) mass is 310 g/mol. The van der Waals surface area contributed by atoms with E-state index in [0.717, 1.165) is 22.3 Å². The van der Waals surface area contributed by atoms with E-state index >= 15 is 0 Å². The molecule has 0 bridgehead atoms. The van der Waals surface area contributed by atoms with Crippen molar-refractivity contribution in [3.8, 4) is 11.5 Å². The van der Waals surface area contributed by atoms with Crippen molar-refractivity contribution in [2.24, 2.45) is 0 Å². The summed E-state index contributed by atoms with van der Waals surface area (Å²) in [5.41, 5.74) is 1.84. The van der Waals surface area contributed by atoms with E-state index < -0.39 is 0 Å². The normalized spacial score (nSPS) is 10.8. The topological polar surface area (TPSA) is 47.3 Å². The first-order chi connectivity index (χ1) is 8.81. The van der Waals surface area contributed by atoms with E-state index in [4.69, 9.17) is 9.15 Å². The minimum atomic E-state index is 0.631. The van der Waals surface area contributed by atoms with Crippen LogP contribution in [-0.2, 0) is 11.3 Å². The van der Waals surface area contributed by atoms with Gasteiger partial charge in [0.25, 0.3) is 0 Å². The highest BCUT2D eigenvalue weighted by molar-refractivity contribution is 9.10. The molecule has 18 heavy (non-hydrogen) atoms.